The van der Waals surface area contributed by atoms with Crippen LogP contribution < -0.4 is 0 Å². The minimum absolute atomic E-state index is 0. The summed E-state index contributed by atoms with van der Waals surface area (Å²) in [7, 11) is 0. The first-order chi connectivity index (χ1) is 0. The Bertz CT molecular complexity index is 17.7. The Kier molecular flexibility index (Phi) is 144. The number of hydrogen-bond donors (Lipinski definition) is 0. The third-order valence-electron chi connectivity index (χ3n) is 0. The summed E-state index contributed by atoms with van der Waals surface area (Å²) in [6, 6.07) is 0. The van der Waals surface area contributed by atoms with Crippen molar-refractivity contribution in [2.75, 3.05) is 0 Å². The van der Waals surface area contributed by atoms with E-state index >= 15 is 0 Å². The zero-order chi connectivity index (χ0) is 0. The molecule has 0 saturated heterocycles. The molecule has 0 amide bonds. The van der Waals surface area contributed by atoms with Crippen molar-refractivity contribution in [3.8, 4) is 0 Å². The van der Waals surface area contributed by atoms with Crippen LogP contribution >= 0.6 is 0 Å². The van der Waals surface area contributed by atoms with Crippen LogP contribution in [0.15, 0.2) is 0 Å². The maximum Gasteiger partial charge on any atom is 2.00 e. The van der Waals surface area contributed by atoms with E-state index < -0.39 is 0 Å². The van der Waals surface area contributed by atoms with Crippen molar-refractivity contribution in [2.45, 2.75) is 0 Å². The fourth-order valence-corrected chi connectivity index (χ4v) is 0. The summed E-state index contributed by atoms with van der Waals surface area (Å²) in [5.74, 6) is 0. The molecule has 0 rings (SSSR count). The van der Waals surface area contributed by atoms with Gasteiger partial charge in [-0.15, -0.1) is 0 Å². The average Bonchev–Trinajstić information content (AvgIpc) is 0. The van der Waals surface area contributed by atoms with Crippen molar-refractivity contribution in [1.82, 2.24) is 0 Å². The third kappa shape index (κ3) is 17.6. The molecule has 0 nitrogen and oxygen atoms in total. The molecular weight excluding hydrogens is 455 g/mol. The SMILES string of the molecule is [H-].[H-].[La].[Sr+2].[Ti].[Y].[Zr]. The zero-order valence-corrected chi connectivity index (χ0v) is 16.8. The summed E-state index contributed by atoms with van der Waals surface area (Å²) in [6.07, 6.45) is 0. The molecule has 0 aliphatic carbocycles. The van der Waals surface area contributed by atoms with Gasteiger partial charge in [0.25, 0.3) is 0 Å². The molecule has 0 spiro atoms. The predicted molar refractivity (Wildman–Crippen MR) is 7.98 cm³/mol. The van der Waals surface area contributed by atoms with Crippen molar-refractivity contribution < 1.29 is 119 Å². The number of rotatable bonds is 0. The van der Waals surface area contributed by atoms with Crippen molar-refractivity contribution in [3.05, 3.63) is 0 Å². The van der Waals surface area contributed by atoms with E-state index in [1.165, 1.54) is 0 Å². The van der Waals surface area contributed by atoms with Crippen molar-refractivity contribution in [3.63, 3.8) is 0 Å². The molecule has 0 aromatic rings. The van der Waals surface area contributed by atoms with E-state index in [1.54, 1.807) is 0 Å². The Hall–Kier alpha value is 5.38. The molecule has 0 bridgehead atoms. The second-order valence-corrected chi connectivity index (χ2v) is 0. The van der Waals surface area contributed by atoms with Gasteiger partial charge in [-0.05, 0) is 0 Å². The number of hydrogen-bond acceptors (Lipinski definition) is 0. The van der Waals surface area contributed by atoms with Crippen molar-refractivity contribution in [2.24, 2.45) is 0 Å². The van der Waals surface area contributed by atoms with Crippen LogP contribution in [0.1, 0.15) is 2.85 Å². The summed E-state index contributed by atoms with van der Waals surface area (Å²) >= 11 is 0. The van der Waals surface area contributed by atoms with Crippen LogP contribution in [0.4, 0.5) is 0 Å². The minimum atomic E-state index is 0. The van der Waals surface area contributed by atoms with E-state index in [0.717, 1.165) is 0 Å². The molecule has 0 aromatic heterocycles. The zero-order valence-electron chi connectivity index (χ0n) is 4.86. The third-order valence-corrected chi connectivity index (χ3v) is 0. The van der Waals surface area contributed by atoms with Gasteiger partial charge in [0.15, 0.2) is 0 Å². The Morgan fingerprint density at radius 2 is 1.20 bits per heavy atom. The van der Waals surface area contributed by atoms with E-state index in [-0.39, 0.29) is 165 Å². The molecule has 0 heterocycles. The molecule has 0 aromatic carbocycles. The van der Waals surface area contributed by atoms with Crippen molar-refractivity contribution >= 4 is 45.5 Å². The molecule has 2 radical (unpaired) electrons. The first-order valence-electron chi connectivity index (χ1n) is 0. The Balaban J connectivity index is 0. The van der Waals surface area contributed by atoms with Crippen molar-refractivity contribution in [1.29, 1.82) is 0 Å². The topological polar surface area (TPSA) is 0 Å². The smallest absolute Gasteiger partial charge is 1.00 e. The summed E-state index contributed by atoms with van der Waals surface area (Å²) < 4.78 is 0. The van der Waals surface area contributed by atoms with Gasteiger partial charge in [-0.25, -0.2) is 0 Å². The van der Waals surface area contributed by atoms with Gasteiger partial charge in [-0.1, -0.05) is 0 Å². The summed E-state index contributed by atoms with van der Waals surface area (Å²) in [6.45, 7) is 0. The molecule has 0 aliphatic rings. The standard InChI is InChI=1S/La.Sr.Ti.Y.Zr.2H/q;+2;;;;2*-1. The fraction of sp³-hybridized carbons (Fsp3) is 0. The normalized spacial score (nSPS) is 0. The molecule has 5 heteroatoms. The Morgan fingerprint density at radius 1 is 1.20 bits per heavy atom. The van der Waals surface area contributed by atoms with Gasteiger partial charge >= 0.3 is 45.5 Å². The van der Waals surface area contributed by atoms with Gasteiger partial charge in [0.05, 0.1) is 0 Å². The van der Waals surface area contributed by atoms with E-state index in [9.17, 15) is 0 Å². The molecular formula is H2LaSrTiYZr. The monoisotopic (exact) mass is 456 g/mol. The average molecular weight is 457 g/mol. The quantitative estimate of drug-likeness (QED) is 0.445. The Morgan fingerprint density at radius 3 is 1.20 bits per heavy atom. The largest absolute Gasteiger partial charge is 2.00 e. The molecule has 0 atom stereocenters. The maximum atomic E-state index is 0. The van der Waals surface area contributed by atoms with Gasteiger partial charge < -0.3 is 2.85 Å². The van der Waals surface area contributed by atoms with E-state index in [0.29, 0.717) is 0 Å². The molecule has 18 valence electrons. The fourth-order valence-electron chi connectivity index (χ4n) is 0. The van der Waals surface area contributed by atoms with Gasteiger partial charge in [-0.2, -0.15) is 0 Å². The molecule has 0 fully saturated rings. The summed E-state index contributed by atoms with van der Waals surface area (Å²) in [4.78, 5) is 0. The van der Waals surface area contributed by atoms with Gasteiger partial charge in [0.1, 0.15) is 0 Å². The first-order valence-corrected chi connectivity index (χ1v) is 0. The second-order valence-electron chi connectivity index (χ2n) is 0. The molecule has 0 saturated carbocycles. The van der Waals surface area contributed by atoms with E-state index in [4.69, 9.17) is 0 Å². The van der Waals surface area contributed by atoms with Crippen LogP contribution in [0.3, 0.4) is 0 Å². The first kappa shape index (κ1) is 31.6. The molecule has 0 N–H and O–H groups in total. The Labute approximate surface area is 159 Å². The van der Waals surface area contributed by atoms with Gasteiger partial charge in [0, 0.05) is 116 Å². The van der Waals surface area contributed by atoms with Crippen LogP contribution in [-0.2, 0) is 80.6 Å². The molecule has 0 aliphatic heterocycles. The van der Waals surface area contributed by atoms with Crippen LogP contribution in [-0.4, -0.2) is 45.5 Å². The molecule has 0 unspecified atom stereocenters. The van der Waals surface area contributed by atoms with E-state index in [2.05, 4.69) is 0 Å². The maximum absolute atomic E-state index is 0. The van der Waals surface area contributed by atoms with E-state index in [1.807, 2.05) is 0 Å². The van der Waals surface area contributed by atoms with Crippen LogP contribution in [0.25, 0.3) is 0 Å². The van der Waals surface area contributed by atoms with Crippen LogP contribution in [0, 0.1) is 35.6 Å². The minimum Gasteiger partial charge on any atom is -1.00 e. The molecule has 5 heavy (non-hydrogen) atoms. The van der Waals surface area contributed by atoms with Gasteiger partial charge in [-0.3, -0.25) is 0 Å². The summed E-state index contributed by atoms with van der Waals surface area (Å²) in [5.41, 5.74) is 0. The predicted octanol–water partition coefficient (Wildman–Crippen LogP) is -0.163. The van der Waals surface area contributed by atoms with Gasteiger partial charge in [0.2, 0.25) is 0 Å². The van der Waals surface area contributed by atoms with Crippen LogP contribution in [0.5, 0.6) is 0 Å². The summed E-state index contributed by atoms with van der Waals surface area (Å²) in [5, 5.41) is 0. The second kappa shape index (κ2) is 22.8. The van der Waals surface area contributed by atoms with Crippen LogP contribution in [0.2, 0.25) is 0 Å².